The zero-order valence-corrected chi connectivity index (χ0v) is 15.2. The minimum Gasteiger partial charge on any atom is -0.438 e. The third-order valence-electron chi connectivity index (χ3n) is 5.65. The van der Waals surface area contributed by atoms with Gasteiger partial charge in [0.25, 0.3) is 0 Å². The summed E-state index contributed by atoms with van der Waals surface area (Å²) in [5.74, 6) is 0.0361. The van der Waals surface area contributed by atoms with E-state index in [1.165, 1.54) is 12.7 Å². The summed E-state index contributed by atoms with van der Waals surface area (Å²) in [4.78, 5) is 11.6. The molecule has 6 heteroatoms. The molecule has 0 unspecified atom stereocenters. The van der Waals surface area contributed by atoms with Gasteiger partial charge >= 0.3 is 6.16 Å². The molecule has 0 amide bonds. The Morgan fingerprint density at radius 3 is 2.58 bits per heavy atom. The predicted molar refractivity (Wildman–Crippen MR) is 86.8 cm³/mol. The van der Waals surface area contributed by atoms with Gasteiger partial charge in [-0.3, -0.25) is 0 Å². The van der Waals surface area contributed by atoms with Gasteiger partial charge in [-0.15, -0.1) is 0 Å². The van der Waals surface area contributed by atoms with Gasteiger partial charge in [0.1, 0.15) is 23.4 Å². The number of methoxy groups -OCH3 is 2. The summed E-state index contributed by atoms with van der Waals surface area (Å²) in [6.07, 6.45) is 3.50. The lowest BCUT2D eigenvalue weighted by Crippen LogP contribution is -2.55. The largest absolute Gasteiger partial charge is 0.508 e. The molecule has 2 heterocycles. The molecule has 1 aliphatic carbocycles. The van der Waals surface area contributed by atoms with E-state index >= 15 is 0 Å². The van der Waals surface area contributed by atoms with Gasteiger partial charge in [-0.25, -0.2) is 4.79 Å². The summed E-state index contributed by atoms with van der Waals surface area (Å²) in [7, 11) is 2.97. The van der Waals surface area contributed by atoms with Crippen molar-refractivity contribution >= 4 is 6.16 Å². The molecule has 1 saturated carbocycles. The van der Waals surface area contributed by atoms with Gasteiger partial charge in [0.2, 0.25) is 0 Å². The van der Waals surface area contributed by atoms with Gasteiger partial charge in [-0.2, -0.15) is 0 Å². The Balaban J connectivity index is 1.78. The maximum atomic E-state index is 11.6. The highest BCUT2D eigenvalue weighted by Crippen LogP contribution is 2.59. The van der Waals surface area contributed by atoms with Crippen LogP contribution in [0, 0.1) is 5.92 Å². The molecule has 0 radical (unpaired) electrons. The van der Waals surface area contributed by atoms with E-state index in [1.807, 2.05) is 0 Å². The van der Waals surface area contributed by atoms with Crippen molar-refractivity contribution in [3.8, 4) is 0 Å². The van der Waals surface area contributed by atoms with Gasteiger partial charge in [0, 0.05) is 7.11 Å². The Hall–Kier alpha value is -1.11. The summed E-state index contributed by atoms with van der Waals surface area (Å²) in [6.45, 7) is 7.02. The van der Waals surface area contributed by atoms with E-state index in [0.29, 0.717) is 6.42 Å². The molecule has 3 aliphatic rings. The molecular formula is C18H28O6. The van der Waals surface area contributed by atoms with E-state index in [1.54, 1.807) is 7.11 Å². The van der Waals surface area contributed by atoms with E-state index in [9.17, 15) is 4.79 Å². The van der Waals surface area contributed by atoms with Crippen LogP contribution < -0.4 is 0 Å². The molecular weight excluding hydrogens is 312 g/mol. The van der Waals surface area contributed by atoms with Crippen LogP contribution >= 0.6 is 0 Å². The topological polar surface area (TPSA) is 69.8 Å². The van der Waals surface area contributed by atoms with Crippen molar-refractivity contribution in [2.24, 2.45) is 5.92 Å². The third kappa shape index (κ3) is 3.07. The number of rotatable bonds is 5. The Morgan fingerprint density at radius 1 is 1.33 bits per heavy atom. The standard InChI is InChI=1S/C18H28O6/c1-11(2)6-7-13-17(3,24-13)15-14(20-4)12(23-16(19)21-5)8-9-18(15)10-22-18/h6,12-15H,7-10H2,1-5H3/t12-,13-,14-,15-,17+,18+/m1/s1. The van der Waals surface area contributed by atoms with Crippen LogP contribution in [0.2, 0.25) is 0 Å². The number of ether oxygens (including phenoxy) is 5. The van der Waals surface area contributed by atoms with Crippen molar-refractivity contribution in [1.82, 2.24) is 0 Å². The molecule has 1 spiro atoms. The molecule has 0 N–H and O–H groups in total. The fraction of sp³-hybridized carbons (Fsp3) is 0.833. The second-order valence-corrected chi connectivity index (χ2v) is 7.49. The van der Waals surface area contributed by atoms with Crippen molar-refractivity contribution in [3.05, 3.63) is 11.6 Å². The molecule has 0 aromatic heterocycles. The van der Waals surface area contributed by atoms with Crippen LogP contribution in [-0.4, -0.2) is 56.5 Å². The van der Waals surface area contributed by atoms with Crippen LogP contribution in [0.4, 0.5) is 4.79 Å². The summed E-state index contributed by atoms with van der Waals surface area (Å²) in [5, 5.41) is 0. The fourth-order valence-corrected chi connectivity index (χ4v) is 4.24. The summed E-state index contributed by atoms with van der Waals surface area (Å²) >= 11 is 0. The minimum atomic E-state index is -0.670. The monoisotopic (exact) mass is 340 g/mol. The van der Waals surface area contributed by atoms with E-state index in [-0.39, 0.29) is 35.4 Å². The molecule has 6 atom stereocenters. The zero-order valence-electron chi connectivity index (χ0n) is 15.2. The first kappa shape index (κ1) is 17.7. The molecule has 24 heavy (non-hydrogen) atoms. The maximum absolute atomic E-state index is 11.6. The summed E-state index contributed by atoms with van der Waals surface area (Å²) < 4.78 is 27.8. The van der Waals surface area contributed by atoms with E-state index < -0.39 is 6.16 Å². The first-order valence-electron chi connectivity index (χ1n) is 8.59. The predicted octanol–water partition coefficient (Wildman–Crippen LogP) is 2.85. The van der Waals surface area contributed by atoms with Crippen LogP contribution in [0.15, 0.2) is 11.6 Å². The highest BCUT2D eigenvalue weighted by molar-refractivity contribution is 5.60. The highest BCUT2D eigenvalue weighted by Gasteiger charge is 2.72. The van der Waals surface area contributed by atoms with E-state index in [4.69, 9.17) is 18.9 Å². The van der Waals surface area contributed by atoms with Gasteiger partial charge in [0.15, 0.2) is 0 Å². The first-order chi connectivity index (χ1) is 11.4. The minimum absolute atomic E-state index is 0.0361. The maximum Gasteiger partial charge on any atom is 0.508 e. The lowest BCUT2D eigenvalue weighted by molar-refractivity contribution is -0.125. The second-order valence-electron chi connectivity index (χ2n) is 7.49. The van der Waals surface area contributed by atoms with Crippen LogP contribution in [0.5, 0.6) is 0 Å². The van der Waals surface area contributed by atoms with Gasteiger partial charge in [-0.1, -0.05) is 11.6 Å². The average Bonchev–Trinajstić information content (AvgIpc) is 3.45. The Labute approximate surface area is 143 Å². The van der Waals surface area contributed by atoms with Gasteiger partial charge < -0.3 is 23.7 Å². The van der Waals surface area contributed by atoms with E-state index in [0.717, 1.165) is 19.4 Å². The molecule has 2 aliphatic heterocycles. The number of hydrogen-bond donors (Lipinski definition) is 0. The van der Waals surface area contributed by atoms with Crippen molar-refractivity contribution in [2.45, 2.75) is 69.5 Å². The fourth-order valence-electron chi connectivity index (χ4n) is 4.24. The number of carbonyl (C=O) groups excluding carboxylic acids is 1. The molecule has 0 aromatic carbocycles. The average molecular weight is 340 g/mol. The molecule has 3 fully saturated rings. The lowest BCUT2D eigenvalue weighted by atomic mass is 9.68. The number of epoxide rings is 2. The molecule has 6 nitrogen and oxygen atoms in total. The smallest absolute Gasteiger partial charge is 0.438 e. The van der Waals surface area contributed by atoms with Crippen LogP contribution in [0.1, 0.15) is 40.0 Å². The molecule has 0 bridgehead atoms. The van der Waals surface area contributed by atoms with Crippen LogP contribution in [0.25, 0.3) is 0 Å². The molecule has 2 saturated heterocycles. The second kappa shape index (κ2) is 6.32. The van der Waals surface area contributed by atoms with Crippen molar-refractivity contribution in [3.63, 3.8) is 0 Å². The highest BCUT2D eigenvalue weighted by atomic mass is 16.7. The Bertz CT molecular complexity index is 522. The third-order valence-corrected chi connectivity index (χ3v) is 5.65. The SMILES string of the molecule is COC(=O)O[C@@H]1CC[C@]2(CO2)[C@@H]([C@@]2(C)O[C@@H]2CC=C(C)C)[C@@H]1OC. The Morgan fingerprint density at radius 2 is 2.04 bits per heavy atom. The van der Waals surface area contributed by atoms with Crippen molar-refractivity contribution < 1.29 is 28.5 Å². The lowest BCUT2D eigenvalue weighted by Gasteiger charge is -2.42. The summed E-state index contributed by atoms with van der Waals surface area (Å²) in [5.41, 5.74) is 0.760. The normalized spacial score (nSPS) is 43.2. The Kier molecular flexibility index (Phi) is 4.66. The van der Waals surface area contributed by atoms with E-state index in [2.05, 4.69) is 31.6 Å². The van der Waals surface area contributed by atoms with Crippen molar-refractivity contribution in [1.29, 1.82) is 0 Å². The van der Waals surface area contributed by atoms with Gasteiger partial charge in [-0.05, 0) is 40.0 Å². The molecule has 136 valence electrons. The first-order valence-corrected chi connectivity index (χ1v) is 8.59. The molecule has 3 rings (SSSR count). The molecule has 0 aromatic rings. The number of allylic oxidation sites excluding steroid dienone is 1. The van der Waals surface area contributed by atoms with Crippen molar-refractivity contribution in [2.75, 3.05) is 20.8 Å². The van der Waals surface area contributed by atoms with Crippen LogP contribution in [-0.2, 0) is 23.7 Å². The number of hydrogen-bond acceptors (Lipinski definition) is 6. The number of carbonyl (C=O) groups is 1. The zero-order chi connectivity index (χ0) is 17.5. The van der Waals surface area contributed by atoms with Gasteiger partial charge in [0.05, 0.1) is 25.7 Å². The van der Waals surface area contributed by atoms with Crippen LogP contribution in [0.3, 0.4) is 0 Å². The quantitative estimate of drug-likeness (QED) is 0.435. The summed E-state index contributed by atoms with van der Waals surface area (Å²) in [6, 6.07) is 0.